The van der Waals surface area contributed by atoms with Crippen LogP contribution in [0.2, 0.25) is 0 Å². The van der Waals surface area contributed by atoms with E-state index in [-0.39, 0.29) is 22.8 Å². The first-order valence-corrected chi connectivity index (χ1v) is 6.16. The van der Waals surface area contributed by atoms with Gasteiger partial charge in [0.1, 0.15) is 5.75 Å². The van der Waals surface area contributed by atoms with Gasteiger partial charge in [0.25, 0.3) is 12.1 Å². The number of benzene rings is 2. The minimum atomic E-state index is -2.42. The highest BCUT2D eigenvalue weighted by Crippen LogP contribution is 2.48. The van der Waals surface area contributed by atoms with Gasteiger partial charge in [-0.1, -0.05) is 0 Å². The van der Waals surface area contributed by atoms with Crippen LogP contribution >= 0.6 is 0 Å². The summed E-state index contributed by atoms with van der Waals surface area (Å²) < 4.78 is 10.3. The Kier molecular flexibility index (Phi) is 2.94. The second-order valence-electron chi connectivity index (χ2n) is 4.76. The number of hydrogen-bond acceptors (Lipinski definition) is 8. The highest BCUT2D eigenvalue weighted by atomic mass is 16.7. The molecule has 0 saturated heterocycles. The molecule has 22 heavy (non-hydrogen) atoms. The Bertz CT molecular complexity index is 744. The number of aliphatic hydroxyl groups excluding tert-OH is 1. The van der Waals surface area contributed by atoms with Crippen LogP contribution in [0.3, 0.4) is 0 Å². The lowest BCUT2D eigenvalue weighted by atomic mass is 10.0. The zero-order chi connectivity index (χ0) is 16.1. The normalized spacial score (nSPS) is 23.3. The molecule has 0 radical (unpaired) electrons. The summed E-state index contributed by atoms with van der Waals surface area (Å²) in [5.41, 5.74) is -0.108. The molecule has 1 aliphatic heterocycles. The van der Waals surface area contributed by atoms with E-state index in [1.807, 2.05) is 0 Å². The molecule has 0 aromatic heterocycles. The van der Waals surface area contributed by atoms with Gasteiger partial charge in [-0.15, -0.1) is 0 Å². The molecule has 2 atom stereocenters. The van der Waals surface area contributed by atoms with Gasteiger partial charge in [0.2, 0.25) is 5.75 Å². The van der Waals surface area contributed by atoms with Gasteiger partial charge in [-0.3, -0.25) is 0 Å². The van der Waals surface area contributed by atoms with Gasteiger partial charge in [-0.05, 0) is 18.2 Å². The molecule has 6 N–H and O–H groups in total. The molecule has 0 saturated carbocycles. The monoisotopic (exact) mass is 308 g/mol. The molecular weight excluding hydrogens is 296 g/mol. The van der Waals surface area contributed by atoms with Crippen LogP contribution in [0.4, 0.5) is 0 Å². The number of hydrogen-bond donors (Lipinski definition) is 6. The molecule has 8 heteroatoms. The summed E-state index contributed by atoms with van der Waals surface area (Å²) in [6.45, 7) is 0. The molecule has 1 heterocycles. The van der Waals surface area contributed by atoms with Gasteiger partial charge < -0.3 is 40.1 Å². The molecule has 0 bridgehead atoms. The molecule has 116 valence electrons. The molecule has 2 unspecified atom stereocenters. The second kappa shape index (κ2) is 4.58. The van der Waals surface area contributed by atoms with Crippen LogP contribution in [0, 0.1) is 0 Å². The molecule has 2 aromatic rings. The van der Waals surface area contributed by atoms with Gasteiger partial charge in [-0.25, -0.2) is 0 Å². The second-order valence-corrected chi connectivity index (χ2v) is 4.76. The van der Waals surface area contributed by atoms with E-state index < -0.39 is 29.3 Å². The Hall–Kier alpha value is -2.84. The van der Waals surface area contributed by atoms with Crippen molar-refractivity contribution in [3.8, 4) is 34.5 Å². The standard InChI is InChI=1S/C14H12O8/c15-7-4-10(18)12-11(5-7)22-14(20,13(19)21-12)6-1-2-8(16)9(17)3-6/h1-5,13,15-20H. The molecular formula is C14H12O8. The third kappa shape index (κ3) is 2.01. The Labute approximate surface area is 123 Å². The number of phenols is 4. The van der Waals surface area contributed by atoms with Gasteiger partial charge in [0.05, 0.1) is 0 Å². The molecule has 0 fully saturated rings. The van der Waals surface area contributed by atoms with Crippen LogP contribution in [-0.2, 0) is 5.79 Å². The summed E-state index contributed by atoms with van der Waals surface area (Å²) in [5.74, 6) is -4.66. The van der Waals surface area contributed by atoms with Crippen molar-refractivity contribution in [1.82, 2.24) is 0 Å². The Morgan fingerprint density at radius 3 is 2.32 bits per heavy atom. The summed E-state index contributed by atoms with van der Waals surface area (Å²) >= 11 is 0. The molecule has 0 amide bonds. The largest absolute Gasteiger partial charge is 0.508 e. The predicted octanol–water partition coefficient (Wildman–Crippen LogP) is 0.444. The van der Waals surface area contributed by atoms with Gasteiger partial charge in [0.15, 0.2) is 23.0 Å². The number of fused-ring (bicyclic) bond motifs is 1. The van der Waals surface area contributed by atoms with Crippen molar-refractivity contribution in [2.75, 3.05) is 0 Å². The summed E-state index contributed by atoms with van der Waals surface area (Å²) in [6.07, 6.45) is -1.93. The van der Waals surface area contributed by atoms with E-state index >= 15 is 0 Å². The van der Waals surface area contributed by atoms with Crippen LogP contribution in [0.1, 0.15) is 5.56 Å². The van der Waals surface area contributed by atoms with E-state index in [1.165, 1.54) is 6.07 Å². The highest BCUT2D eigenvalue weighted by molar-refractivity contribution is 5.56. The van der Waals surface area contributed by atoms with Crippen molar-refractivity contribution < 1.29 is 40.1 Å². The van der Waals surface area contributed by atoms with E-state index in [4.69, 9.17) is 9.47 Å². The highest BCUT2D eigenvalue weighted by Gasteiger charge is 2.47. The first-order valence-electron chi connectivity index (χ1n) is 6.16. The average Bonchev–Trinajstić information content (AvgIpc) is 2.44. The Morgan fingerprint density at radius 2 is 1.64 bits per heavy atom. The summed E-state index contributed by atoms with van der Waals surface area (Å²) in [5, 5.41) is 58.3. The summed E-state index contributed by atoms with van der Waals surface area (Å²) in [4.78, 5) is 0. The summed E-state index contributed by atoms with van der Waals surface area (Å²) in [6, 6.07) is 5.33. The van der Waals surface area contributed by atoms with Crippen molar-refractivity contribution in [1.29, 1.82) is 0 Å². The maximum absolute atomic E-state index is 10.5. The molecule has 1 aliphatic rings. The SMILES string of the molecule is Oc1cc(O)c2c(c1)OC(O)(c1ccc(O)c(O)c1)C(O)O2. The number of phenolic OH excluding ortho intramolecular Hbond substituents is 4. The molecule has 8 nitrogen and oxygen atoms in total. The average molecular weight is 308 g/mol. The van der Waals surface area contributed by atoms with E-state index in [2.05, 4.69) is 0 Å². The van der Waals surface area contributed by atoms with Crippen molar-refractivity contribution in [2.24, 2.45) is 0 Å². The fourth-order valence-corrected chi connectivity index (χ4v) is 2.12. The number of aliphatic hydroxyl groups is 2. The Balaban J connectivity index is 2.09. The summed E-state index contributed by atoms with van der Waals surface area (Å²) in [7, 11) is 0. The molecule has 0 spiro atoms. The van der Waals surface area contributed by atoms with Crippen molar-refractivity contribution in [3.05, 3.63) is 35.9 Å². The van der Waals surface area contributed by atoms with Crippen molar-refractivity contribution in [3.63, 3.8) is 0 Å². The molecule has 0 aliphatic carbocycles. The Morgan fingerprint density at radius 1 is 0.909 bits per heavy atom. The quantitative estimate of drug-likeness (QED) is 0.417. The van der Waals surface area contributed by atoms with Crippen LogP contribution in [-0.4, -0.2) is 36.9 Å². The maximum atomic E-state index is 10.5. The van der Waals surface area contributed by atoms with Crippen molar-refractivity contribution in [2.45, 2.75) is 12.1 Å². The van der Waals surface area contributed by atoms with Crippen LogP contribution in [0.25, 0.3) is 0 Å². The van der Waals surface area contributed by atoms with Crippen molar-refractivity contribution >= 4 is 0 Å². The molecule has 2 aromatic carbocycles. The lowest BCUT2D eigenvalue weighted by molar-refractivity contribution is -0.287. The lowest BCUT2D eigenvalue weighted by Gasteiger charge is -2.37. The van der Waals surface area contributed by atoms with Gasteiger partial charge >= 0.3 is 0 Å². The third-order valence-corrected chi connectivity index (χ3v) is 3.24. The minimum Gasteiger partial charge on any atom is -0.508 e. The number of ether oxygens (including phenoxy) is 2. The fraction of sp³-hybridized carbons (Fsp3) is 0.143. The topological polar surface area (TPSA) is 140 Å². The zero-order valence-electron chi connectivity index (χ0n) is 11.0. The third-order valence-electron chi connectivity index (χ3n) is 3.24. The zero-order valence-corrected chi connectivity index (χ0v) is 11.0. The maximum Gasteiger partial charge on any atom is 0.298 e. The lowest BCUT2D eigenvalue weighted by Crippen LogP contribution is -2.50. The number of rotatable bonds is 1. The van der Waals surface area contributed by atoms with Crippen LogP contribution in [0.15, 0.2) is 30.3 Å². The smallest absolute Gasteiger partial charge is 0.298 e. The molecule has 3 rings (SSSR count). The van der Waals surface area contributed by atoms with Crippen LogP contribution in [0.5, 0.6) is 34.5 Å². The first-order chi connectivity index (χ1) is 10.3. The first kappa shape index (κ1) is 14.1. The fourth-order valence-electron chi connectivity index (χ4n) is 2.12. The predicted molar refractivity (Wildman–Crippen MR) is 70.7 cm³/mol. The van der Waals surface area contributed by atoms with Gasteiger partial charge in [0, 0.05) is 17.7 Å². The van der Waals surface area contributed by atoms with E-state index in [1.54, 1.807) is 0 Å². The van der Waals surface area contributed by atoms with E-state index in [9.17, 15) is 30.6 Å². The van der Waals surface area contributed by atoms with E-state index in [0.29, 0.717) is 0 Å². The number of aromatic hydroxyl groups is 4. The van der Waals surface area contributed by atoms with Gasteiger partial charge in [-0.2, -0.15) is 0 Å². The van der Waals surface area contributed by atoms with Crippen LogP contribution < -0.4 is 9.47 Å². The van der Waals surface area contributed by atoms with E-state index in [0.717, 1.165) is 24.3 Å². The minimum absolute atomic E-state index is 0.108.